The lowest BCUT2D eigenvalue weighted by atomic mass is 10.0. The first-order chi connectivity index (χ1) is 8.50. The van der Waals surface area contributed by atoms with E-state index in [4.69, 9.17) is 5.11 Å². The highest BCUT2D eigenvalue weighted by molar-refractivity contribution is 7.89. The second kappa shape index (κ2) is 5.56. The number of thiazole rings is 1. The van der Waals surface area contributed by atoms with Gasteiger partial charge in [0.25, 0.3) is 0 Å². The number of sulfonamides is 1. The number of nitrogens with zero attached hydrogens (tertiary/aromatic N) is 1. The van der Waals surface area contributed by atoms with Gasteiger partial charge in [-0.05, 0) is 12.3 Å². The third kappa shape index (κ3) is 5.25. The van der Waals surface area contributed by atoms with Gasteiger partial charge in [-0.2, -0.15) is 0 Å². The Hall–Kier alpha value is -0.990. The molecule has 0 saturated carbocycles. The molecule has 0 aliphatic heterocycles. The third-order valence-corrected chi connectivity index (χ3v) is 5.08. The number of rotatable bonds is 5. The van der Waals surface area contributed by atoms with Gasteiger partial charge < -0.3 is 5.11 Å². The van der Waals surface area contributed by atoms with Crippen LogP contribution in [-0.4, -0.2) is 30.2 Å². The van der Waals surface area contributed by atoms with Gasteiger partial charge >= 0.3 is 5.97 Å². The molecule has 8 heteroatoms. The van der Waals surface area contributed by atoms with Crippen LogP contribution in [0.2, 0.25) is 0 Å². The van der Waals surface area contributed by atoms with Crippen molar-refractivity contribution in [3.8, 4) is 0 Å². The number of carboxylic acid groups (broad SMARTS) is 1. The Bertz CT molecular complexity index is 570. The van der Waals surface area contributed by atoms with E-state index in [-0.39, 0.29) is 22.6 Å². The van der Waals surface area contributed by atoms with Crippen molar-refractivity contribution < 1.29 is 18.3 Å². The molecule has 0 spiro atoms. The molecule has 108 valence electrons. The Labute approximate surface area is 116 Å². The lowest BCUT2D eigenvalue weighted by Gasteiger charge is -2.17. The second-order valence-electron chi connectivity index (χ2n) is 5.47. The molecular weight excluding hydrogens is 288 g/mol. The van der Waals surface area contributed by atoms with Crippen LogP contribution in [-0.2, 0) is 16.6 Å². The Morgan fingerprint density at radius 1 is 1.42 bits per heavy atom. The molecule has 2 N–H and O–H groups in total. The molecule has 0 amide bonds. The molecule has 0 aromatic carbocycles. The number of nitrogens with one attached hydrogen (secondary N) is 1. The number of hydrogen-bond acceptors (Lipinski definition) is 5. The summed E-state index contributed by atoms with van der Waals surface area (Å²) in [6.07, 6.45) is 0. The van der Waals surface area contributed by atoms with Crippen LogP contribution < -0.4 is 4.72 Å². The second-order valence-corrected chi connectivity index (χ2v) is 8.36. The number of hydrogen-bond donors (Lipinski definition) is 2. The molecular formula is C11H18N2O4S2. The van der Waals surface area contributed by atoms with Crippen molar-refractivity contribution in [1.82, 2.24) is 9.71 Å². The van der Waals surface area contributed by atoms with Crippen molar-refractivity contribution in [1.29, 1.82) is 0 Å². The Balaban J connectivity index is 2.72. The molecule has 6 nitrogen and oxygen atoms in total. The van der Waals surface area contributed by atoms with Crippen molar-refractivity contribution in [3.05, 3.63) is 15.6 Å². The molecule has 0 bridgehead atoms. The molecule has 19 heavy (non-hydrogen) atoms. The molecule has 1 aromatic rings. The first-order valence-corrected chi connectivity index (χ1v) is 8.14. The van der Waals surface area contributed by atoms with Gasteiger partial charge in [-0.25, -0.2) is 22.9 Å². The van der Waals surface area contributed by atoms with Crippen molar-refractivity contribution in [2.75, 3.05) is 5.75 Å². The van der Waals surface area contributed by atoms with Crippen LogP contribution in [0.15, 0.2) is 0 Å². The third-order valence-electron chi connectivity index (χ3n) is 2.10. The van der Waals surface area contributed by atoms with Crippen LogP contribution >= 0.6 is 11.3 Å². The zero-order chi connectivity index (χ0) is 14.8. The average molecular weight is 306 g/mol. The molecule has 0 atom stereocenters. The van der Waals surface area contributed by atoms with Gasteiger partial charge in [-0.15, -0.1) is 11.3 Å². The smallest absolute Gasteiger partial charge is 0.347 e. The number of aryl methyl sites for hydroxylation is 1. The first kappa shape index (κ1) is 16.1. The Kier molecular flexibility index (Phi) is 4.70. The summed E-state index contributed by atoms with van der Waals surface area (Å²) < 4.78 is 26.0. The lowest BCUT2D eigenvalue weighted by Crippen LogP contribution is -2.31. The highest BCUT2D eigenvalue weighted by Gasteiger charge is 2.22. The minimum absolute atomic E-state index is 0.0101. The van der Waals surface area contributed by atoms with E-state index in [1.807, 2.05) is 20.8 Å². The fourth-order valence-corrected chi connectivity index (χ4v) is 4.05. The first-order valence-electron chi connectivity index (χ1n) is 5.67. The van der Waals surface area contributed by atoms with Gasteiger partial charge in [0.15, 0.2) is 0 Å². The normalized spacial score (nSPS) is 12.6. The summed E-state index contributed by atoms with van der Waals surface area (Å²) in [5, 5.41) is 9.34. The van der Waals surface area contributed by atoms with E-state index in [0.29, 0.717) is 10.7 Å². The van der Waals surface area contributed by atoms with E-state index in [2.05, 4.69) is 9.71 Å². The van der Waals surface area contributed by atoms with E-state index >= 15 is 0 Å². The van der Waals surface area contributed by atoms with Crippen molar-refractivity contribution >= 4 is 27.3 Å². The van der Waals surface area contributed by atoms with Gasteiger partial charge in [-0.1, -0.05) is 20.8 Å². The predicted octanol–water partition coefficient (Wildman–Crippen LogP) is 1.62. The summed E-state index contributed by atoms with van der Waals surface area (Å²) in [6, 6.07) is 0. The molecule has 1 heterocycles. The van der Waals surface area contributed by atoms with Crippen LogP contribution in [0, 0.1) is 12.3 Å². The highest BCUT2D eigenvalue weighted by Crippen LogP contribution is 2.19. The van der Waals surface area contributed by atoms with Crippen LogP contribution in [0.4, 0.5) is 0 Å². The van der Waals surface area contributed by atoms with Gasteiger partial charge in [0.1, 0.15) is 9.88 Å². The van der Waals surface area contributed by atoms with E-state index < -0.39 is 16.0 Å². The zero-order valence-corrected chi connectivity index (χ0v) is 13.0. The summed E-state index contributed by atoms with van der Waals surface area (Å²) in [5.41, 5.74) is 0.0687. The molecule has 0 fully saturated rings. The van der Waals surface area contributed by atoms with Crippen LogP contribution in [0.3, 0.4) is 0 Å². The predicted molar refractivity (Wildman–Crippen MR) is 73.9 cm³/mol. The quantitative estimate of drug-likeness (QED) is 0.861. The summed E-state index contributed by atoms with van der Waals surface area (Å²) in [7, 11) is -3.39. The van der Waals surface area contributed by atoms with E-state index in [1.54, 1.807) is 6.92 Å². The molecule has 1 rings (SSSR count). The standard InChI is InChI=1S/C11H18N2O4S2/c1-7-9(10(14)15)18-8(13-7)5-12-19(16,17)6-11(2,3)4/h12H,5-6H2,1-4H3,(H,14,15). The van der Waals surface area contributed by atoms with Gasteiger partial charge in [0, 0.05) is 0 Å². The van der Waals surface area contributed by atoms with Crippen molar-refractivity contribution in [2.45, 2.75) is 34.2 Å². The minimum Gasteiger partial charge on any atom is -0.477 e. The fraction of sp³-hybridized carbons (Fsp3) is 0.636. The highest BCUT2D eigenvalue weighted by atomic mass is 32.2. The Morgan fingerprint density at radius 3 is 2.42 bits per heavy atom. The summed E-state index contributed by atoms with van der Waals surface area (Å²) >= 11 is 0.989. The number of carbonyl (C=O) groups is 1. The Morgan fingerprint density at radius 2 is 2.00 bits per heavy atom. The molecule has 1 aromatic heterocycles. The van der Waals surface area contributed by atoms with E-state index in [0.717, 1.165) is 11.3 Å². The summed E-state index contributed by atoms with van der Waals surface area (Å²) in [5.74, 6) is -1.03. The van der Waals surface area contributed by atoms with Crippen LogP contribution in [0.25, 0.3) is 0 Å². The maximum Gasteiger partial charge on any atom is 0.347 e. The van der Waals surface area contributed by atoms with Gasteiger partial charge in [0.2, 0.25) is 10.0 Å². The average Bonchev–Trinajstić information content (AvgIpc) is 2.53. The molecule has 0 saturated heterocycles. The number of aromatic nitrogens is 1. The largest absolute Gasteiger partial charge is 0.477 e. The summed E-state index contributed by atoms with van der Waals surface area (Å²) in [6.45, 7) is 7.12. The maximum absolute atomic E-state index is 11.8. The van der Waals surface area contributed by atoms with E-state index in [1.165, 1.54) is 0 Å². The molecule has 0 aliphatic rings. The lowest BCUT2D eigenvalue weighted by molar-refractivity contribution is 0.0701. The molecule has 0 radical (unpaired) electrons. The number of carboxylic acids is 1. The SMILES string of the molecule is Cc1nc(CNS(=O)(=O)CC(C)(C)C)sc1C(=O)O. The van der Waals surface area contributed by atoms with Crippen LogP contribution in [0.5, 0.6) is 0 Å². The van der Waals surface area contributed by atoms with Crippen molar-refractivity contribution in [2.24, 2.45) is 5.41 Å². The number of aromatic carboxylic acids is 1. The van der Waals surface area contributed by atoms with Gasteiger partial charge in [0.05, 0.1) is 18.0 Å². The topological polar surface area (TPSA) is 96.4 Å². The minimum atomic E-state index is -3.39. The molecule has 0 aliphatic carbocycles. The van der Waals surface area contributed by atoms with Crippen molar-refractivity contribution in [3.63, 3.8) is 0 Å². The van der Waals surface area contributed by atoms with E-state index in [9.17, 15) is 13.2 Å². The molecule has 0 unspecified atom stereocenters. The monoisotopic (exact) mass is 306 g/mol. The van der Waals surface area contributed by atoms with Gasteiger partial charge in [-0.3, -0.25) is 0 Å². The van der Waals surface area contributed by atoms with Crippen LogP contribution in [0.1, 0.15) is 41.1 Å². The zero-order valence-electron chi connectivity index (χ0n) is 11.3. The maximum atomic E-state index is 11.8. The summed E-state index contributed by atoms with van der Waals surface area (Å²) in [4.78, 5) is 15.0. The fourth-order valence-electron chi connectivity index (χ4n) is 1.52.